The first kappa shape index (κ1) is 16.4. The van der Waals surface area contributed by atoms with Gasteiger partial charge in [-0.15, -0.1) is 0 Å². The van der Waals surface area contributed by atoms with Crippen molar-refractivity contribution in [3.8, 4) is 5.75 Å². The molecule has 2 nitrogen and oxygen atoms in total. The summed E-state index contributed by atoms with van der Waals surface area (Å²) >= 11 is 6.15. The van der Waals surface area contributed by atoms with E-state index in [2.05, 4.69) is 29.6 Å². The lowest BCUT2D eigenvalue weighted by atomic mass is 10.2. The Bertz CT molecular complexity index is 785. The number of rotatable bonds is 6. The molecule has 0 saturated carbocycles. The minimum atomic E-state index is 0.584. The summed E-state index contributed by atoms with van der Waals surface area (Å²) in [5.41, 5.74) is 4.47. The van der Waals surface area contributed by atoms with Crippen LogP contribution in [0.25, 0.3) is 0 Å². The minimum Gasteiger partial charge on any atom is -0.489 e. The van der Waals surface area contributed by atoms with Crippen molar-refractivity contribution in [2.24, 2.45) is 0 Å². The smallest absolute Gasteiger partial charge is 0.119 e. The molecule has 122 valence electrons. The second kappa shape index (κ2) is 7.89. The molecule has 1 N–H and O–H groups in total. The number of anilines is 1. The van der Waals surface area contributed by atoms with Gasteiger partial charge in [0.15, 0.2) is 0 Å². The van der Waals surface area contributed by atoms with Crippen LogP contribution < -0.4 is 10.1 Å². The second-order valence-corrected chi connectivity index (χ2v) is 6.14. The van der Waals surface area contributed by atoms with Crippen LogP contribution in [-0.4, -0.2) is 0 Å². The largest absolute Gasteiger partial charge is 0.489 e. The fourth-order valence-corrected chi connectivity index (χ4v) is 2.53. The standard InChI is InChI=1S/C21H20ClNO/c1-16-7-10-19(13-21(16)22)23-14-17-8-11-20(12-9-17)24-15-18-5-3-2-4-6-18/h2-13,23H,14-15H2,1H3. The van der Waals surface area contributed by atoms with Gasteiger partial charge in [-0.05, 0) is 47.9 Å². The highest BCUT2D eigenvalue weighted by atomic mass is 35.5. The van der Waals surface area contributed by atoms with Crippen molar-refractivity contribution < 1.29 is 4.74 Å². The summed E-state index contributed by atoms with van der Waals surface area (Å²) in [6.45, 7) is 3.33. The third-order valence-corrected chi connectivity index (χ3v) is 4.25. The molecule has 0 amide bonds. The van der Waals surface area contributed by atoms with Crippen LogP contribution in [0.15, 0.2) is 72.8 Å². The first-order chi connectivity index (χ1) is 11.7. The maximum absolute atomic E-state index is 6.15. The number of benzene rings is 3. The molecule has 0 fully saturated rings. The molecule has 3 aromatic carbocycles. The minimum absolute atomic E-state index is 0.584. The van der Waals surface area contributed by atoms with E-state index < -0.39 is 0 Å². The van der Waals surface area contributed by atoms with Gasteiger partial charge in [-0.2, -0.15) is 0 Å². The molecular formula is C21H20ClNO. The second-order valence-electron chi connectivity index (χ2n) is 5.74. The molecule has 0 atom stereocenters. The van der Waals surface area contributed by atoms with Crippen LogP contribution in [0, 0.1) is 6.92 Å². The molecule has 0 radical (unpaired) electrons. The molecule has 0 aliphatic heterocycles. The molecule has 0 aliphatic carbocycles. The first-order valence-corrected chi connectivity index (χ1v) is 8.34. The van der Waals surface area contributed by atoms with Crippen molar-refractivity contribution in [1.29, 1.82) is 0 Å². The summed E-state index contributed by atoms with van der Waals surface area (Å²) in [6.07, 6.45) is 0. The lowest BCUT2D eigenvalue weighted by Gasteiger charge is -2.10. The van der Waals surface area contributed by atoms with E-state index in [1.807, 2.05) is 55.5 Å². The molecular weight excluding hydrogens is 318 g/mol. The van der Waals surface area contributed by atoms with Crippen LogP contribution in [0.1, 0.15) is 16.7 Å². The van der Waals surface area contributed by atoms with Crippen LogP contribution in [0.2, 0.25) is 5.02 Å². The van der Waals surface area contributed by atoms with Gasteiger partial charge < -0.3 is 10.1 Å². The van der Waals surface area contributed by atoms with Gasteiger partial charge in [-0.3, -0.25) is 0 Å². The van der Waals surface area contributed by atoms with Gasteiger partial charge in [0.1, 0.15) is 12.4 Å². The van der Waals surface area contributed by atoms with Crippen LogP contribution in [-0.2, 0) is 13.2 Å². The molecule has 0 heterocycles. The summed E-state index contributed by atoms with van der Waals surface area (Å²) in [5.74, 6) is 0.876. The van der Waals surface area contributed by atoms with Crippen LogP contribution >= 0.6 is 11.6 Å². The zero-order valence-corrected chi connectivity index (χ0v) is 14.4. The molecule has 0 aliphatic rings. The van der Waals surface area contributed by atoms with E-state index in [0.717, 1.165) is 28.6 Å². The van der Waals surface area contributed by atoms with Crippen LogP contribution in [0.4, 0.5) is 5.69 Å². The summed E-state index contributed by atoms with van der Waals surface area (Å²) in [5, 5.41) is 4.16. The molecule has 24 heavy (non-hydrogen) atoms. The Morgan fingerprint density at radius 3 is 2.33 bits per heavy atom. The van der Waals surface area contributed by atoms with Crippen molar-refractivity contribution >= 4 is 17.3 Å². The Morgan fingerprint density at radius 1 is 0.875 bits per heavy atom. The monoisotopic (exact) mass is 337 g/mol. The first-order valence-electron chi connectivity index (χ1n) is 7.96. The highest BCUT2D eigenvalue weighted by Gasteiger charge is 2.00. The summed E-state index contributed by atoms with van der Waals surface area (Å²) in [6, 6.07) is 24.3. The Balaban J connectivity index is 1.53. The van der Waals surface area contributed by atoms with Crippen LogP contribution in [0.3, 0.4) is 0 Å². The van der Waals surface area contributed by atoms with E-state index in [1.54, 1.807) is 0 Å². The normalized spacial score (nSPS) is 10.4. The predicted octanol–water partition coefficient (Wildman–Crippen LogP) is 5.84. The Hall–Kier alpha value is -2.45. The molecule has 3 heteroatoms. The molecule has 3 aromatic rings. The number of hydrogen-bond acceptors (Lipinski definition) is 2. The van der Waals surface area contributed by atoms with Gasteiger partial charge in [-0.1, -0.05) is 60.1 Å². The Labute approximate surface area is 148 Å². The van der Waals surface area contributed by atoms with Crippen molar-refractivity contribution in [2.75, 3.05) is 5.32 Å². The van der Waals surface area contributed by atoms with Gasteiger partial charge >= 0.3 is 0 Å². The average Bonchev–Trinajstić information content (AvgIpc) is 2.63. The van der Waals surface area contributed by atoms with E-state index >= 15 is 0 Å². The summed E-state index contributed by atoms with van der Waals surface area (Å²) < 4.78 is 5.80. The highest BCUT2D eigenvalue weighted by Crippen LogP contribution is 2.21. The van der Waals surface area contributed by atoms with E-state index in [9.17, 15) is 0 Å². The van der Waals surface area contributed by atoms with Crippen molar-refractivity contribution in [3.05, 3.63) is 94.5 Å². The van der Waals surface area contributed by atoms with Crippen molar-refractivity contribution in [1.82, 2.24) is 0 Å². The number of aryl methyl sites for hydroxylation is 1. The number of hydrogen-bond donors (Lipinski definition) is 1. The molecule has 0 unspecified atom stereocenters. The van der Waals surface area contributed by atoms with Crippen LogP contribution in [0.5, 0.6) is 5.75 Å². The maximum atomic E-state index is 6.15. The fourth-order valence-electron chi connectivity index (χ4n) is 2.35. The Kier molecular flexibility index (Phi) is 5.39. The van der Waals surface area contributed by atoms with E-state index in [0.29, 0.717) is 6.61 Å². The summed E-state index contributed by atoms with van der Waals surface area (Å²) in [7, 11) is 0. The van der Waals surface area contributed by atoms with Gasteiger partial charge in [0, 0.05) is 17.3 Å². The van der Waals surface area contributed by atoms with Crippen molar-refractivity contribution in [3.63, 3.8) is 0 Å². The Morgan fingerprint density at radius 2 is 1.62 bits per heavy atom. The van der Waals surface area contributed by atoms with Crippen molar-refractivity contribution in [2.45, 2.75) is 20.1 Å². The van der Waals surface area contributed by atoms with E-state index in [-0.39, 0.29) is 0 Å². The molecule has 0 bridgehead atoms. The zero-order valence-electron chi connectivity index (χ0n) is 13.6. The number of halogens is 1. The molecule has 0 aromatic heterocycles. The summed E-state index contributed by atoms with van der Waals surface area (Å²) in [4.78, 5) is 0. The number of nitrogens with one attached hydrogen (secondary N) is 1. The zero-order chi connectivity index (χ0) is 16.8. The number of ether oxygens (including phenoxy) is 1. The van der Waals surface area contributed by atoms with E-state index in [4.69, 9.17) is 16.3 Å². The lowest BCUT2D eigenvalue weighted by Crippen LogP contribution is -2.00. The SMILES string of the molecule is Cc1ccc(NCc2ccc(OCc3ccccc3)cc2)cc1Cl. The predicted molar refractivity (Wildman–Crippen MR) is 101 cm³/mol. The molecule has 0 spiro atoms. The third-order valence-electron chi connectivity index (χ3n) is 3.84. The van der Waals surface area contributed by atoms with Gasteiger partial charge in [-0.25, -0.2) is 0 Å². The van der Waals surface area contributed by atoms with E-state index in [1.165, 1.54) is 11.1 Å². The topological polar surface area (TPSA) is 21.3 Å². The molecule has 0 saturated heterocycles. The van der Waals surface area contributed by atoms with Gasteiger partial charge in [0.05, 0.1) is 0 Å². The highest BCUT2D eigenvalue weighted by molar-refractivity contribution is 6.31. The average molecular weight is 338 g/mol. The van der Waals surface area contributed by atoms with Gasteiger partial charge in [0.2, 0.25) is 0 Å². The molecule has 3 rings (SSSR count). The van der Waals surface area contributed by atoms with Gasteiger partial charge in [0.25, 0.3) is 0 Å². The maximum Gasteiger partial charge on any atom is 0.119 e. The quantitative estimate of drug-likeness (QED) is 0.610. The lowest BCUT2D eigenvalue weighted by molar-refractivity contribution is 0.306. The third kappa shape index (κ3) is 4.53. The fraction of sp³-hybridized carbons (Fsp3) is 0.143.